The predicted octanol–water partition coefficient (Wildman–Crippen LogP) is 2.47. The molecule has 1 aromatic rings. The van der Waals surface area contributed by atoms with E-state index in [4.69, 9.17) is 0 Å². The summed E-state index contributed by atoms with van der Waals surface area (Å²) in [5.41, 5.74) is 0.937. The van der Waals surface area contributed by atoms with Crippen LogP contribution in [-0.2, 0) is 11.2 Å². The van der Waals surface area contributed by atoms with E-state index < -0.39 is 0 Å². The van der Waals surface area contributed by atoms with E-state index in [0.29, 0.717) is 18.5 Å². The van der Waals surface area contributed by atoms with Crippen LogP contribution in [0.3, 0.4) is 0 Å². The largest absolute Gasteiger partial charge is 0.338 e. The maximum atomic E-state index is 12.7. The molecule has 0 saturated carbocycles. The third-order valence-corrected chi connectivity index (χ3v) is 5.71. The second-order valence-corrected chi connectivity index (χ2v) is 7.23. The summed E-state index contributed by atoms with van der Waals surface area (Å²) >= 11 is 1.63. The van der Waals surface area contributed by atoms with Gasteiger partial charge in [0.15, 0.2) is 0 Å². The third-order valence-electron chi connectivity index (χ3n) is 4.88. The van der Waals surface area contributed by atoms with Gasteiger partial charge in [0.25, 0.3) is 0 Å². The van der Waals surface area contributed by atoms with Crippen LogP contribution in [0.5, 0.6) is 0 Å². The fraction of sp³-hybridized carbons (Fsp3) is 0.750. The van der Waals surface area contributed by atoms with Gasteiger partial charge in [-0.2, -0.15) is 0 Å². The molecule has 1 aromatic heterocycles. The van der Waals surface area contributed by atoms with E-state index in [2.05, 4.69) is 21.7 Å². The highest BCUT2D eigenvalue weighted by atomic mass is 32.1. The number of aromatic nitrogens is 1. The Bertz CT molecular complexity index is 501. The highest BCUT2D eigenvalue weighted by Gasteiger charge is 2.38. The third kappa shape index (κ3) is 3.14. The molecule has 5 heteroatoms. The van der Waals surface area contributed by atoms with Gasteiger partial charge in [-0.25, -0.2) is 4.98 Å². The zero-order valence-corrected chi connectivity index (χ0v) is 13.9. The summed E-state index contributed by atoms with van der Waals surface area (Å²) in [6.45, 7) is 7.46. The zero-order chi connectivity index (χ0) is 14.8. The number of carbonyl (C=O) groups is 1. The van der Waals surface area contributed by atoms with Crippen LogP contribution >= 0.6 is 11.3 Å². The van der Waals surface area contributed by atoms with Gasteiger partial charge in [0.05, 0.1) is 17.1 Å². The molecule has 116 valence electrons. The van der Waals surface area contributed by atoms with Crippen molar-refractivity contribution in [2.75, 3.05) is 19.6 Å². The molecule has 4 nitrogen and oxygen atoms in total. The second-order valence-electron chi connectivity index (χ2n) is 6.17. The molecule has 0 N–H and O–H groups in total. The van der Waals surface area contributed by atoms with E-state index in [1.807, 2.05) is 12.3 Å². The van der Waals surface area contributed by atoms with Crippen LogP contribution in [0.25, 0.3) is 0 Å². The minimum Gasteiger partial charge on any atom is -0.338 e. The number of rotatable bonds is 4. The van der Waals surface area contributed by atoms with E-state index in [1.54, 1.807) is 11.3 Å². The Kier molecular flexibility index (Phi) is 4.60. The van der Waals surface area contributed by atoms with Crippen molar-refractivity contribution in [1.29, 1.82) is 0 Å². The number of nitrogens with zero attached hydrogens (tertiary/aromatic N) is 3. The Labute approximate surface area is 131 Å². The van der Waals surface area contributed by atoms with Crippen molar-refractivity contribution in [3.63, 3.8) is 0 Å². The molecule has 0 radical (unpaired) electrons. The van der Waals surface area contributed by atoms with Gasteiger partial charge in [0, 0.05) is 24.0 Å². The number of carbonyl (C=O) groups excluding carboxylic acids is 1. The van der Waals surface area contributed by atoms with Crippen molar-refractivity contribution >= 4 is 17.2 Å². The van der Waals surface area contributed by atoms with Crippen molar-refractivity contribution in [2.24, 2.45) is 0 Å². The quantitative estimate of drug-likeness (QED) is 0.857. The fourth-order valence-electron chi connectivity index (χ4n) is 3.93. The molecule has 0 bridgehead atoms. The molecule has 0 aliphatic carbocycles. The Morgan fingerprint density at radius 2 is 2.10 bits per heavy atom. The number of likely N-dealkylation sites (N-methyl/N-ethyl adjacent to an activating group) is 1. The number of likely N-dealkylation sites (tertiary alicyclic amines) is 2. The monoisotopic (exact) mass is 307 g/mol. The van der Waals surface area contributed by atoms with Gasteiger partial charge in [-0.05, 0) is 45.7 Å². The van der Waals surface area contributed by atoms with Crippen molar-refractivity contribution in [1.82, 2.24) is 14.8 Å². The highest BCUT2D eigenvalue weighted by Crippen LogP contribution is 2.30. The lowest BCUT2D eigenvalue weighted by molar-refractivity contribution is -0.132. The molecule has 2 fully saturated rings. The lowest BCUT2D eigenvalue weighted by Crippen LogP contribution is -2.48. The number of amides is 1. The first-order valence-electron chi connectivity index (χ1n) is 8.13. The fourth-order valence-corrected chi connectivity index (χ4v) is 4.54. The van der Waals surface area contributed by atoms with Crippen LogP contribution in [0.15, 0.2) is 5.38 Å². The minimum absolute atomic E-state index is 0.269. The zero-order valence-electron chi connectivity index (χ0n) is 13.0. The maximum absolute atomic E-state index is 12.7. The molecule has 1 amide bonds. The molecule has 3 heterocycles. The van der Waals surface area contributed by atoms with Gasteiger partial charge < -0.3 is 4.90 Å². The Morgan fingerprint density at radius 1 is 1.33 bits per heavy atom. The molecular formula is C16H25N3OS. The lowest BCUT2D eigenvalue weighted by Gasteiger charge is -2.34. The van der Waals surface area contributed by atoms with E-state index >= 15 is 0 Å². The molecule has 0 spiro atoms. The van der Waals surface area contributed by atoms with Gasteiger partial charge in [0.2, 0.25) is 5.91 Å². The van der Waals surface area contributed by atoms with Gasteiger partial charge in [-0.3, -0.25) is 9.69 Å². The average molecular weight is 307 g/mol. The van der Waals surface area contributed by atoms with Crippen LogP contribution in [-0.4, -0.2) is 52.4 Å². The van der Waals surface area contributed by atoms with Crippen molar-refractivity contribution < 1.29 is 4.79 Å². The Balaban J connectivity index is 1.67. The first-order chi connectivity index (χ1) is 10.2. The Morgan fingerprint density at radius 3 is 2.81 bits per heavy atom. The van der Waals surface area contributed by atoms with E-state index in [-0.39, 0.29) is 5.91 Å². The van der Waals surface area contributed by atoms with E-state index in [0.717, 1.165) is 30.2 Å². The minimum atomic E-state index is 0.269. The molecule has 3 rings (SSSR count). The normalized spacial score (nSPS) is 26.7. The lowest BCUT2D eigenvalue weighted by atomic mass is 10.0. The van der Waals surface area contributed by atoms with Gasteiger partial charge in [0.1, 0.15) is 0 Å². The molecular weight excluding hydrogens is 282 g/mol. The van der Waals surface area contributed by atoms with Gasteiger partial charge >= 0.3 is 0 Å². The number of thiazole rings is 1. The molecule has 2 atom stereocenters. The average Bonchev–Trinajstić information content (AvgIpc) is 3.16. The SMILES string of the molecule is CCN1CCC[C@H]1[C@H]1CCCN1C(=O)Cc1csc(C)n1. The molecule has 2 aliphatic heterocycles. The van der Waals surface area contributed by atoms with Crippen LogP contribution < -0.4 is 0 Å². The first kappa shape index (κ1) is 15.0. The predicted molar refractivity (Wildman–Crippen MR) is 85.6 cm³/mol. The van der Waals surface area contributed by atoms with Gasteiger partial charge in [-0.1, -0.05) is 6.92 Å². The maximum Gasteiger partial charge on any atom is 0.228 e. The second kappa shape index (κ2) is 6.44. The van der Waals surface area contributed by atoms with Crippen molar-refractivity contribution in [3.8, 4) is 0 Å². The summed E-state index contributed by atoms with van der Waals surface area (Å²) in [5.74, 6) is 0.269. The van der Waals surface area contributed by atoms with Crippen LogP contribution in [0.2, 0.25) is 0 Å². The molecule has 0 aromatic carbocycles. The number of hydrogen-bond donors (Lipinski definition) is 0. The number of hydrogen-bond acceptors (Lipinski definition) is 4. The standard InChI is InChI=1S/C16H25N3OS/c1-3-18-8-4-6-14(18)15-7-5-9-19(15)16(20)10-13-11-21-12(2)17-13/h11,14-15H,3-10H2,1-2H3/t14-,15+/m0/s1. The molecule has 0 unspecified atom stereocenters. The van der Waals surface area contributed by atoms with E-state index in [9.17, 15) is 4.79 Å². The summed E-state index contributed by atoms with van der Waals surface area (Å²) in [6, 6.07) is 1.01. The summed E-state index contributed by atoms with van der Waals surface area (Å²) in [5, 5.41) is 3.07. The summed E-state index contributed by atoms with van der Waals surface area (Å²) in [4.78, 5) is 21.8. The van der Waals surface area contributed by atoms with Crippen LogP contribution in [0.4, 0.5) is 0 Å². The highest BCUT2D eigenvalue weighted by molar-refractivity contribution is 7.09. The topological polar surface area (TPSA) is 36.4 Å². The van der Waals surface area contributed by atoms with Gasteiger partial charge in [-0.15, -0.1) is 11.3 Å². The van der Waals surface area contributed by atoms with Crippen LogP contribution in [0, 0.1) is 6.92 Å². The molecule has 2 aliphatic rings. The molecule has 21 heavy (non-hydrogen) atoms. The van der Waals surface area contributed by atoms with E-state index in [1.165, 1.54) is 25.8 Å². The van der Waals surface area contributed by atoms with Crippen LogP contribution in [0.1, 0.15) is 43.3 Å². The smallest absolute Gasteiger partial charge is 0.228 e. The number of aryl methyl sites for hydroxylation is 1. The van der Waals surface area contributed by atoms with Crippen molar-refractivity contribution in [2.45, 2.75) is 58.0 Å². The summed E-state index contributed by atoms with van der Waals surface area (Å²) in [7, 11) is 0. The summed E-state index contributed by atoms with van der Waals surface area (Å²) in [6.07, 6.45) is 5.32. The first-order valence-corrected chi connectivity index (χ1v) is 9.01. The summed E-state index contributed by atoms with van der Waals surface area (Å²) < 4.78 is 0. The van der Waals surface area contributed by atoms with Crippen molar-refractivity contribution in [3.05, 3.63) is 16.1 Å². The molecule has 2 saturated heterocycles. The Hall–Kier alpha value is -0.940.